The Balaban J connectivity index is 1.54. The first-order valence-electron chi connectivity index (χ1n) is 8.98. The summed E-state index contributed by atoms with van der Waals surface area (Å²) in [5, 5.41) is 14.5. The van der Waals surface area contributed by atoms with Crippen LogP contribution in [0.4, 0.5) is 4.39 Å². The number of hydrogen-bond acceptors (Lipinski definition) is 4. The third-order valence-electron chi connectivity index (χ3n) is 4.72. The van der Waals surface area contributed by atoms with Crippen LogP contribution in [-0.2, 0) is 4.79 Å². The number of aromatic nitrogens is 1. The smallest absolute Gasteiger partial charge is 0.253 e. The van der Waals surface area contributed by atoms with E-state index in [0.717, 1.165) is 25.7 Å². The molecule has 0 aliphatic heterocycles. The second-order valence-corrected chi connectivity index (χ2v) is 6.69. The summed E-state index contributed by atoms with van der Waals surface area (Å²) < 4.78 is 13.3. The molecule has 0 atom stereocenters. The van der Waals surface area contributed by atoms with Gasteiger partial charge in [0.1, 0.15) is 12.4 Å². The summed E-state index contributed by atoms with van der Waals surface area (Å²) in [5.74, 6) is -0.898. The molecule has 1 aliphatic rings. The Hall–Kier alpha value is -2.80. The third kappa shape index (κ3) is 5.10. The molecular formula is C20H22FN3O3. The third-order valence-corrected chi connectivity index (χ3v) is 4.72. The Labute approximate surface area is 156 Å². The Bertz CT molecular complexity index is 802. The maximum absolute atomic E-state index is 13.3. The number of pyridine rings is 1. The molecule has 3 N–H and O–H groups in total. The molecule has 0 bridgehead atoms. The van der Waals surface area contributed by atoms with Gasteiger partial charge in [-0.25, -0.2) is 4.39 Å². The van der Waals surface area contributed by atoms with E-state index in [1.165, 1.54) is 18.3 Å². The first-order chi connectivity index (χ1) is 13.0. The average Bonchev–Trinajstić information content (AvgIpc) is 2.69. The SMILES string of the molecule is O=C(CO)NC1CCC(NC(=O)c2ccc(-c3cccc(F)c3)nc2)CC1. The molecule has 7 heteroatoms. The summed E-state index contributed by atoms with van der Waals surface area (Å²) in [6.45, 7) is -0.505. The number of benzene rings is 1. The quantitative estimate of drug-likeness (QED) is 0.750. The van der Waals surface area contributed by atoms with Gasteiger partial charge in [0.15, 0.2) is 0 Å². The summed E-state index contributed by atoms with van der Waals surface area (Å²) in [5.41, 5.74) is 1.71. The minimum absolute atomic E-state index is 0.0441. The minimum atomic E-state index is -0.505. The summed E-state index contributed by atoms with van der Waals surface area (Å²) >= 11 is 0. The van der Waals surface area contributed by atoms with E-state index in [9.17, 15) is 14.0 Å². The summed E-state index contributed by atoms with van der Waals surface area (Å²) in [6.07, 6.45) is 4.53. The lowest BCUT2D eigenvalue weighted by Gasteiger charge is -2.29. The van der Waals surface area contributed by atoms with Gasteiger partial charge in [-0.1, -0.05) is 12.1 Å². The van der Waals surface area contributed by atoms with Crippen LogP contribution in [0.3, 0.4) is 0 Å². The molecule has 1 aromatic heterocycles. The Morgan fingerprint density at radius 2 is 1.78 bits per heavy atom. The monoisotopic (exact) mass is 371 g/mol. The van der Waals surface area contributed by atoms with Gasteiger partial charge < -0.3 is 15.7 Å². The maximum Gasteiger partial charge on any atom is 0.253 e. The van der Waals surface area contributed by atoms with Crippen molar-refractivity contribution in [2.75, 3.05) is 6.61 Å². The number of nitrogens with zero attached hydrogens (tertiary/aromatic N) is 1. The highest BCUT2D eigenvalue weighted by molar-refractivity contribution is 5.94. The van der Waals surface area contributed by atoms with E-state index in [0.29, 0.717) is 16.8 Å². The van der Waals surface area contributed by atoms with Gasteiger partial charge in [0.2, 0.25) is 5.91 Å². The highest BCUT2D eigenvalue weighted by Crippen LogP contribution is 2.20. The van der Waals surface area contributed by atoms with Crippen molar-refractivity contribution in [3.8, 4) is 11.3 Å². The maximum atomic E-state index is 13.3. The fourth-order valence-corrected chi connectivity index (χ4v) is 3.27. The average molecular weight is 371 g/mol. The molecule has 27 heavy (non-hydrogen) atoms. The second kappa shape index (κ2) is 8.73. The Morgan fingerprint density at radius 3 is 2.37 bits per heavy atom. The highest BCUT2D eigenvalue weighted by Gasteiger charge is 2.23. The first kappa shape index (κ1) is 19.0. The van der Waals surface area contributed by atoms with Gasteiger partial charge in [-0.3, -0.25) is 14.6 Å². The number of hydrogen-bond donors (Lipinski definition) is 3. The largest absolute Gasteiger partial charge is 0.387 e. The van der Waals surface area contributed by atoms with Crippen molar-refractivity contribution in [1.82, 2.24) is 15.6 Å². The Morgan fingerprint density at radius 1 is 1.07 bits per heavy atom. The van der Waals surface area contributed by atoms with Crippen molar-refractivity contribution in [2.24, 2.45) is 0 Å². The predicted octanol–water partition coefficient (Wildman–Crippen LogP) is 2.04. The molecule has 1 heterocycles. The molecule has 2 amide bonds. The number of nitrogens with one attached hydrogen (secondary N) is 2. The normalized spacial score (nSPS) is 19.3. The zero-order valence-corrected chi connectivity index (χ0v) is 14.8. The standard InChI is InChI=1S/C20H22FN3O3/c21-15-3-1-2-13(10-15)18-9-4-14(11-22-18)20(27)24-17-7-5-16(6-8-17)23-19(26)12-25/h1-4,9-11,16-17,25H,5-8,12H2,(H,23,26)(H,24,27). The van der Waals surface area contributed by atoms with E-state index in [-0.39, 0.29) is 29.7 Å². The molecule has 6 nitrogen and oxygen atoms in total. The van der Waals surface area contributed by atoms with Crippen molar-refractivity contribution in [1.29, 1.82) is 0 Å². The van der Waals surface area contributed by atoms with Crippen LogP contribution in [0.25, 0.3) is 11.3 Å². The molecule has 0 spiro atoms. The lowest BCUT2D eigenvalue weighted by molar-refractivity contribution is -0.124. The fraction of sp³-hybridized carbons (Fsp3) is 0.350. The lowest BCUT2D eigenvalue weighted by atomic mass is 9.91. The molecule has 1 aromatic carbocycles. The molecule has 0 radical (unpaired) electrons. The van der Waals surface area contributed by atoms with E-state index in [1.807, 2.05) is 0 Å². The van der Waals surface area contributed by atoms with Gasteiger partial charge in [-0.15, -0.1) is 0 Å². The van der Waals surface area contributed by atoms with Gasteiger partial charge in [-0.2, -0.15) is 0 Å². The predicted molar refractivity (Wildman–Crippen MR) is 98.4 cm³/mol. The van der Waals surface area contributed by atoms with Crippen molar-refractivity contribution in [2.45, 2.75) is 37.8 Å². The van der Waals surface area contributed by atoms with Crippen molar-refractivity contribution < 1.29 is 19.1 Å². The number of carbonyl (C=O) groups is 2. The van der Waals surface area contributed by atoms with Gasteiger partial charge >= 0.3 is 0 Å². The van der Waals surface area contributed by atoms with Gasteiger partial charge in [-0.05, 0) is 49.9 Å². The number of carbonyl (C=O) groups excluding carboxylic acids is 2. The number of amides is 2. The van der Waals surface area contributed by atoms with E-state index < -0.39 is 6.61 Å². The van der Waals surface area contributed by atoms with Crippen LogP contribution in [-0.4, -0.2) is 40.6 Å². The molecule has 142 valence electrons. The molecule has 1 aliphatic carbocycles. The fourth-order valence-electron chi connectivity index (χ4n) is 3.27. The number of aliphatic hydroxyl groups is 1. The van der Waals surface area contributed by atoms with Crippen LogP contribution in [0.2, 0.25) is 0 Å². The molecule has 1 fully saturated rings. The van der Waals surface area contributed by atoms with Gasteiger partial charge in [0.25, 0.3) is 5.91 Å². The number of halogens is 1. The van der Waals surface area contributed by atoms with Crippen LogP contribution >= 0.6 is 0 Å². The van der Waals surface area contributed by atoms with Crippen LogP contribution in [0.5, 0.6) is 0 Å². The molecule has 3 rings (SSSR count). The van der Waals surface area contributed by atoms with Crippen LogP contribution < -0.4 is 10.6 Å². The number of aliphatic hydroxyl groups excluding tert-OH is 1. The summed E-state index contributed by atoms with van der Waals surface area (Å²) in [7, 11) is 0. The molecule has 1 saturated carbocycles. The second-order valence-electron chi connectivity index (χ2n) is 6.69. The highest BCUT2D eigenvalue weighted by atomic mass is 19.1. The van der Waals surface area contributed by atoms with Gasteiger partial charge in [0.05, 0.1) is 11.3 Å². The topological polar surface area (TPSA) is 91.3 Å². The van der Waals surface area contributed by atoms with Crippen LogP contribution in [0.15, 0.2) is 42.6 Å². The zero-order chi connectivity index (χ0) is 19.2. The van der Waals surface area contributed by atoms with Crippen molar-refractivity contribution >= 4 is 11.8 Å². The number of rotatable bonds is 5. The Kier molecular flexibility index (Phi) is 6.13. The molecule has 0 unspecified atom stereocenters. The van der Waals surface area contributed by atoms with Crippen molar-refractivity contribution in [3.63, 3.8) is 0 Å². The van der Waals surface area contributed by atoms with Gasteiger partial charge in [0, 0.05) is 23.8 Å². The molecule has 2 aromatic rings. The lowest BCUT2D eigenvalue weighted by Crippen LogP contribution is -2.44. The minimum Gasteiger partial charge on any atom is -0.387 e. The summed E-state index contributed by atoms with van der Waals surface area (Å²) in [4.78, 5) is 27.9. The molecular weight excluding hydrogens is 349 g/mol. The first-order valence-corrected chi connectivity index (χ1v) is 8.98. The van der Waals surface area contributed by atoms with E-state index in [2.05, 4.69) is 15.6 Å². The van der Waals surface area contributed by atoms with Crippen LogP contribution in [0, 0.1) is 5.82 Å². The summed E-state index contributed by atoms with van der Waals surface area (Å²) in [6, 6.07) is 9.62. The van der Waals surface area contributed by atoms with Crippen molar-refractivity contribution in [3.05, 3.63) is 54.0 Å². The molecule has 0 saturated heterocycles. The van der Waals surface area contributed by atoms with E-state index in [4.69, 9.17) is 5.11 Å². The van der Waals surface area contributed by atoms with E-state index >= 15 is 0 Å². The zero-order valence-electron chi connectivity index (χ0n) is 14.8. The van der Waals surface area contributed by atoms with E-state index in [1.54, 1.807) is 24.3 Å². The van der Waals surface area contributed by atoms with Crippen LogP contribution in [0.1, 0.15) is 36.0 Å².